The lowest BCUT2D eigenvalue weighted by molar-refractivity contribution is 0.0868. The topological polar surface area (TPSA) is 85.3 Å². The molecule has 0 aliphatic rings. The summed E-state index contributed by atoms with van der Waals surface area (Å²) < 4.78 is 4.06. The molecule has 0 aliphatic heterocycles. The van der Waals surface area contributed by atoms with Gasteiger partial charge >= 0.3 is 5.69 Å². The van der Waals surface area contributed by atoms with Gasteiger partial charge in [-0.3, -0.25) is 13.9 Å². The standard InChI is InChI=1S/C18H31N5O3/c1-12(2)7-22(8-13(3)4)9-14(24)10-23-11-19-16-15(23)17(25)21(6)18(26)20(16)5/h11-14,24H,7-10H2,1-6H3. The molecule has 0 saturated carbocycles. The van der Waals surface area contributed by atoms with Crippen molar-refractivity contribution in [2.75, 3.05) is 19.6 Å². The van der Waals surface area contributed by atoms with Gasteiger partial charge in [0.25, 0.3) is 5.56 Å². The fourth-order valence-electron chi connectivity index (χ4n) is 3.37. The number of hydrogen-bond donors (Lipinski definition) is 1. The monoisotopic (exact) mass is 365 g/mol. The van der Waals surface area contributed by atoms with Crippen LogP contribution in [0, 0.1) is 11.8 Å². The summed E-state index contributed by atoms with van der Waals surface area (Å²) in [4.78, 5) is 30.9. The quantitative estimate of drug-likeness (QED) is 0.732. The Morgan fingerprint density at radius 3 is 2.15 bits per heavy atom. The molecule has 8 heteroatoms. The molecule has 0 aliphatic carbocycles. The van der Waals surface area contributed by atoms with Crippen LogP contribution in [0.25, 0.3) is 11.2 Å². The highest BCUT2D eigenvalue weighted by atomic mass is 16.3. The van der Waals surface area contributed by atoms with Gasteiger partial charge in [-0.15, -0.1) is 0 Å². The Morgan fingerprint density at radius 2 is 1.62 bits per heavy atom. The van der Waals surface area contributed by atoms with Crippen LogP contribution in [0.4, 0.5) is 0 Å². The number of aliphatic hydroxyl groups is 1. The van der Waals surface area contributed by atoms with Gasteiger partial charge in [-0.2, -0.15) is 0 Å². The predicted molar refractivity (Wildman–Crippen MR) is 102 cm³/mol. The number of fused-ring (bicyclic) bond motifs is 1. The first-order chi connectivity index (χ1) is 12.1. The van der Waals surface area contributed by atoms with Gasteiger partial charge in [0.2, 0.25) is 0 Å². The highest BCUT2D eigenvalue weighted by Gasteiger charge is 2.19. The van der Waals surface area contributed by atoms with Gasteiger partial charge in [0.05, 0.1) is 19.0 Å². The third kappa shape index (κ3) is 4.42. The summed E-state index contributed by atoms with van der Waals surface area (Å²) >= 11 is 0. The number of imidazole rings is 1. The van der Waals surface area contributed by atoms with Crippen LogP contribution >= 0.6 is 0 Å². The van der Waals surface area contributed by atoms with Crippen molar-refractivity contribution in [2.45, 2.75) is 40.3 Å². The highest BCUT2D eigenvalue weighted by Crippen LogP contribution is 2.09. The van der Waals surface area contributed by atoms with E-state index in [-0.39, 0.29) is 6.54 Å². The van der Waals surface area contributed by atoms with Crippen molar-refractivity contribution < 1.29 is 5.11 Å². The van der Waals surface area contributed by atoms with Crippen molar-refractivity contribution in [2.24, 2.45) is 25.9 Å². The van der Waals surface area contributed by atoms with Crippen LogP contribution in [-0.2, 0) is 20.6 Å². The average Bonchev–Trinajstić information content (AvgIpc) is 2.93. The first-order valence-electron chi connectivity index (χ1n) is 9.13. The third-order valence-corrected chi connectivity index (χ3v) is 4.34. The van der Waals surface area contributed by atoms with E-state index in [2.05, 4.69) is 37.6 Å². The second-order valence-corrected chi connectivity index (χ2v) is 7.93. The fraction of sp³-hybridized carbons (Fsp3) is 0.722. The summed E-state index contributed by atoms with van der Waals surface area (Å²) in [7, 11) is 3.04. The van der Waals surface area contributed by atoms with Crippen molar-refractivity contribution in [3.8, 4) is 0 Å². The Balaban J connectivity index is 2.25. The number of hydrogen-bond acceptors (Lipinski definition) is 5. The number of aryl methyl sites for hydroxylation is 1. The maximum atomic E-state index is 12.5. The molecule has 26 heavy (non-hydrogen) atoms. The summed E-state index contributed by atoms with van der Waals surface area (Å²) in [5.74, 6) is 1.02. The molecular formula is C18H31N5O3. The van der Waals surface area contributed by atoms with Crippen LogP contribution in [0.1, 0.15) is 27.7 Å². The molecule has 0 saturated heterocycles. The van der Waals surface area contributed by atoms with Gasteiger partial charge < -0.3 is 14.6 Å². The smallest absolute Gasteiger partial charge is 0.332 e. The lowest BCUT2D eigenvalue weighted by atomic mass is 10.1. The molecule has 1 atom stereocenters. The summed E-state index contributed by atoms with van der Waals surface area (Å²) in [6, 6.07) is 0. The van der Waals surface area contributed by atoms with Gasteiger partial charge in [-0.25, -0.2) is 9.78 Å². The molecule has 1 unspecified atom stereocenters. The SMILES string of the molecule is CC(C)CN(CC(C)C)CC(O)Cn1cnc2c1c(=O)n(C)c(=O)n2C. The first-order valence-corrected chi connectivity index (χ1v) is 9.13. The van der Waals surface area contributed by atoms with E-state index in [9.17, 15) is 14.7 Å². The molecule has 1 N–H and O–H groups in total. The Hall–Kier alpha value is -1.93. The van der Waals surface area contributed by atoms with E-state index >= 15 is 0 Å². The van der Waals surface area contributed by atoms with Crippen LogP contribution in [-0.4, -0.2) is 54.4 Å². The highest BCUT2D eigenvalue weighted by molar-refractivity contribution is 5.69. The third-order valence-electron chi connectivity index (χ3n) is 4.34. The molecular weight excluding hydrogens is 334 g/mol. The van der Waals surface area contributed by atoms with Crippen molar-refractivity contribution in [1.82, 2.24) is 23.6 Å². The Morgan fingerprint density at radius 1 is 1.04 bits per heavy atom. The molecule has 2 aromatic rings. The number of aromatic nitrogens is 4. The second-order valence-electron chi connectivity index (χ2n) is 7.93. The Kier molecular flexibility index (Phi) is 6.41. The zero-order chi connectivity index (χ0) is 19.6. The molecule has 0 bridgehead atoms. The van der Waals surface area contributed by atoms with Crippen molar-refractivity contribution in [3.63, 3.8) is 0 Å². The maximum absolute atomic E-state index is 12.5. The summed E-state index contributed by atoms with van der Waals surface area (Å²) in [5, 5.41) is 10.6. The van der Waals surface area contributed by atoms with Gasteiger partial charge in [-0.1, -0.05) is 27.7 Å². The summed E-state index contributed by atoms with van der Waals surface area (Å²) in [6.45, 7) is 11.3. The first kappa shape index (κ1) is 20.4. The van der Waals surface area contributed by atoms with E-state index in [0.717, 1.165) is 17.7 Å². The Labute approximate surface area is 153 Å². The zero-order valence-corrected chi connectivity index (χ0v) is 16.6. The van der Waals surface area contributed by atoms with Gasteiger partial charge in [0, 0.05) is 33.7 Å². The fourth-order valence-corrected chi connectivity index (χ4v) is 3.37. The minimum absolute atomic E-state index is 0.261. The normalized spacial score (nSPS) is 13.5. The zero-order valence-electron chi connectivity index (χ0n) is 16.6. The van der Waals surface area contributed by atoms with E-state index in [0.29, 0.717) is 29.5 Å². The molecule has 0 aromatic carbocycles. The largest absolute Gasteiger partial charge is 0.390 e. The Bertz CT molecular complexity index is 852. The van der Waals surface area contributed by atoms with Crippen LogP contribution in [0.15, 0.2) is 15.9 Å². The lowest BCUT2D eigenvalue weighted by Gasteiger charge is -2.28. The van der Waals surface area contributed by atoms with E-state index in [1.165, 1.54) is 17.9 Å². The van der Waals surface area contributed by atoms with E-state index in [4.69, 9.17) is 0 Å². The average molecular weight is 365 g/mol. The lowest BCUT2D eigenvalue weighted by Crippen LogP contribution is -2.40. The number of aliphatic hydroxyl groups excluding tert-OH is 1. The van der Waals surface area contributed by atoms with Crippen molar-refractivity contribution in [3.05, 3.63) is 27.2 Å². The van der Waals surface area contributed by atoms with Gasteiger partial charge in [0.1, 0.15) is 0 Å². The minimum atomic E-state index is -0.633. The van der Waals surface area contributed by atoms with E-state index in [1.807, 2.05) is 0 Å². The minimum Gasteiger partial charge on any atom is -0.390 e. The molecule has 0 radical (unpaired) electrons. The van der Waals surface area contributed by atoms with Crippen LogP contribution in [0.3, 0.4) is 0 Å². The second kappa shape index (κ2) is 8.18. The molecule has 0 amide bonds. The molecule has 2 heterocycles. The molecule has 0 fully saturated rings. The predicted octanol–water partition coefficient (Wildman–Crippen LogP) is 0.409. The molecule has 2 aromatic heterocycles. The molecule has 8 nitrogen and oxygen atoms in total. The molecule has 2 rings (SSSR count). The molecule has 146 valence electrons. The maximum Gasteiger partial charge on any atom is 0.332 e. The van der Waals surface area contributed by atoms with Crippen LogP contribution in [0.5, 0.6) is 0 Å². The summed E-state index contributed by atoms with van der Waals surface area (Å²) in [6.07, 6.45) is 0.885. The van der Waals surface area contributed by atoms with E-state index in [1.54, 1.807) is 11.6 Å². The van der Waals surface area contributed by atoms with Crippen LogP contribution < -0.4 is 11.2 Å². The molecule has 0 spiro atoms. The van der Waals surface area contributed by atoms with Crippen molar-refractivity contribution >= 4 is 11.2 Å². The number of nitrogens with zero attached hydrogens (tertiary/aromatic N) is 5. The van der Waals surface area contributed by atoms with Crippen molar-refractivity contribution in [1.29, 1.82) is 0 Å². The van der Waals surface area contributed by atoms with E-state index < -0.39 is 17.4 Å². The van der Waals surface area contributed by atoms with Crippen LogP contribution in [0.2, 0.25) is 0 Å². The van der Waals surface area contributed by atoms with Gasteiger partial charge in [0.15, 0.2) is 11.2 Å². The summed E-state index contributed by atoms with van der Waals surface area (Å²) in [5.41, 5.74) is -0.123. The van der Waals surface area contributed by atoms with Gasteiger partial charge in [-0.05, 0) is 11.8 Å². The number of rotatable bonds is 8.